The van der Waals surface area contributed by atoms with Crippen molar-refractivity contribution in [1.82, 2.24) is 9.80 Å². The van der Waals surface area contributed by atoms with Gasteiger partial charge >= 0.3 is 18.0 Å². The van der Waals surface area contributed by atoms with E-state index in [0.717, 1.165) is 0 Å². The Hall–Kier alpha value is -1.79. The van der Waals surface area contributed by atoms with Crippen molar-refractivity contribution in [3.8, 4) is 0 Å². The Bertz CT molecular complexity index is 424. The van der Waals surface area contributed by atoms with E-state index in [0.29, 0.717) is 25.8 Å². The van der Waals surface area contributed by atoms with Crippen molar-refractivity contribution in [2.75, 3.05) is 20.2 Å². The molecule has 0 aromatic carbocycles. The molecule has 1 fully saturated rings. The minimum absolute atomic E-state index is 0.178. The molecular weight excluding hydrogens is 276 g/mol. The van der Waals surface area contributed by atoms with E-state index in [1.807, 2.05) is 0 Å². The quantitative estimate of drug-likeness (QED) is 0.774. The van der Waals surface area contributed by atoms with E-state index in [9.17, 15) is 19.5 Å². The zero-order chi connectivity index (χ0) is 16.2. The smallest absolute Gasteiger partial charge is 0.329 e. The van der Waals surface area contributed by atoms with Gasteiger partial charge in [0.05, 0.1) is 7.11 Å². The number of rotatable bonds is 5. The third-order valence-corrected chi connectivity index (χ3v) is 4.10. The summed E-state index contributed by atoms with van der Waals surface area (Å²) in [5.41, 5.74) is -1.17. The van der Waals surface area contributed by atoms with Crippen LogP contribution in [0.5, 0.6) is 0 Å². The lowest BCUT2D eigenvalue weighted by atomic mass is 9.93. The van der Waals surface area contributed by atoms with Gasteiger partial charge in [0.1, 0.15) is 12.1 Å². The van der Waals surface area contributed by atoms with E-state index < -0.39 is 23.5 Å². The van der Waals surface area contributed by atoms with Crippen molar-refractivity contribution in [2.45, 2.75) is 51.6 Å². The lowest BCUT2D eigenvalue weighted by molar-refractivity contribution is -0.148. The first-order valence-corrected chi connectivity index (χ1v) is 7.18. The SMILES string of the molecule is CCC1(C(=O)O)CCCN1C(=O)N(CC(=O)OC)C(C)C. The van der Waals surface area contributed by atoms with Crippen LogP contribution in [0.1, 0.15) is 40.0 Å². The third-order valence-electron chi connectivity index (χ3n) is 4.10. The molecule has 1 atom stereocenters. The fourth-order valence-corrected chi connectivity index (χ4v) is 2.73. The highest BCUT2D eigenvalue weighted by Crippen LogP contribution is 2.34. The Morgan fingerprint density at radius 2 is 2.00 bits per heavy atom. The monoisotopic (exact) mass is 300 g/mol. The van der Waals surface area contributed by atoms with Gasteiger partial charge in [0.2, 0.25) is 0 Å². The molecule has 1 aliphatic rings. The number of esters is 1. The van der Waals surface area contributed by atoms with E-state index in [4.69, 9.17) is 0 Å². The molecule has 1 unspecified atom stereocenters. The van der Waals surface area contributed by atoms with Crippen molar-refractivity contribution in [1.29, 1.82) is 0 Å². The number of carbonyl (C=O) groups excluding carboxylic acids is 2. The van der Waals surface area contributed by atoms with E-state index in [1.165, 1.54) is 16.9 Å². The molecule has 7 nitrogen and oxygen atoms in total. The third kappa shape index (κ3) is 3.28. The van der Waals surface area contributed by atoms with E-state index in [2.05, 4.69) is 4.74 Å². The van der Waals surface area contributed by atoms with E-state index in [1.54, 1.807) is 20.8 Å². The Morgan fingerprint density at radius 1 is 1.38 bits per heavy atom. The molecule has 1 N–H and O–H groups in total. The molecule has 0 aromatic heterocycles. The van der Waals surface area contributed by atoms with Crippen LogP contribution in [-0.4, -0.2) is 64.7 Å². The predicted molar refractivity (Wildman–Crippen MR) is 75.9 cm³/mol. The van der Waals surface area contributed by atoms with Gasteiger partial charge in [-0.15, -0.1) is 0 Å². The summed E-state index contributed by atoms with van der Waals surface area (Å²) in [5, 5.41) is 9.53. The molecule has 21 heavy (non-hydrogen) atoms. The minimum Gasteiger partial charge on any atom is -0.479 e. The molecule has 1 aliphatic heterocycles. The average molecular weight is 300 g/mol. The number of aliphatic carboxylic acids is 1. The zero-order valence-corrected chi connectivity index (χ0v) is 13.1. The van der Waals surface area contributed by atoms with Crippen LogP contribution in [0.15, 0.2) is 0 Å². The molecule has 1 heterocycles. The van der Waals surface area contributed by atoms with E-state index in [-0.39, 0.29) is 12.6 Å². The summed E-state index contributed by atoms with van der Waals surface area (Å²) in [4.78, 5) is 38.5. The highest BCUT2D eigenvalue weighted by molar-refractivity contribution is 5.88. The molecule has 1 saturated heterocycles. The molecule has 7 heteroatoms. The van der Waals surface area contributed by atoms with Crippen LogP contribution in [0.4, 0.5) is 4.79 Å². The normalized spacial score (nSPS) is 21.5. The van der Waals surface area contributed by atoms with Crippen LogP contribution in [0.3, 0.4) is 0 Å². The van der Waals surface area contributed by atoms with Crippen LogP contribution in [0.25, 0.3) is 0 Å². The number of carbonyl (C=O) groups is 3. The molecule has 0 aromatic rings. The highest BCUT2D eigenvalue weighted by Gasteiger charge is 2.50. The van der Waals surface area contributed by atoms with Crippen LogP contribution >= 0.6 is 0 Å². The Morgan fingerprint density at radius 3 is 2.43 bits per heavy atom. The van der Waals surface area contributed by atoms with Gasteiger partial charge in [-0.2, -0.15) is 0 Å². The van der Waals surface area contributed by atoms with Gasteiger partial charge in [-0.05, 0) is 33.1 Å². The lowest BCUT2D eigenvalue weighted by Gasteiger charge is -2.38. The fourth-order valence-electron chi connectivity index (χ4n) is 2.73. The Balaban J connectivity index is 3.02. The van der Waals surface area contributed by atoms with Gasteiger partial charge in [0.25, 0.3) is 0 Å². The van der Waals surface area contributed by atoms with Crippen LogP contribution < -0.4 is 0 Å². The Kier molecular flexibility index (Phi) is 5.57. The summed E-state index contributed by atoms with van der Waals surface area (Å²) in [7, 11) is 1.26. The standard InChI is InChI=1S/C14H24N2O5/c1-5-14(12(18)19)7-6-8-16(14)13(20)15(10(2)3)9-11(17)21-4/h10H,5-9H2,1-4H3,(H,18,19). The maximum absolute atomic E-state index is 12.7. The van der Waals surface area contributed by atoms with Gasteiger partial charge in [0.15, 0.2) is 0 Å². The molecular formula is C14H24N2O5. The molecule has 1 rings (SSSR count). The number of hydrogen-bond acceptors (Lipinski definition) is 4. The first kappa shape index (κ1) is 17.3. The number of nitrogens with zero attached hydrogens (tertiary/aromatic N) is 2. The number of urea groups is 1. The first-order chi connectivity index (χ1) is 9.80. The topological polar surface area (TPSA) is 87.2 Å². The lowest BCUT2D eigenvalue weighted by Crippen LogP contribution is -2.58. The molecule has 0 radical (unpaired) electrons. The van der Waals surface area contributed by atoms with Crippen molar-refractivity contribution in [2.24, 2.45) is 0 Å². The summed E-state index contributed by atoms with van der Waals surface area (Å²) in [6.45, 7) is 5.54. The van der Waals surface area contributed by atoms with Gasteiger partial charge in [-0.1, -0.05) is 6.92 Å². The molecule has 0 saturated carbocycles. The van der Waals surface area contributed by atoms with Crippen LogP contribution in [0, 0.1) is 0 Å². The second-order valence-electron chi connectivity index (χ2n) is 5.53. The number of likely N-dealkylation sites (tertiary alicyclic amines) is 1. The second-order valence-corrected chi connectivity index (χ2v) is 5.53. The zero-order valence-electron chi connectivity index (χ0n) is 13.1. The molecule has 0 spiro atoms. The maximum atomic E-state index is 12.7. The average Bonchev–Trinajstić information content (AvgIpc) is 2.88. The summed E-state index contributed by atoms with van der Waals surface area (Å²) in [5.74, 6) is -1.51. The highest BCUT2D eigenvalue weighted by atomic mass is 16.5. The van der Waals surface area contributed by atoms with Crippen molar-refractivity contribution in [3.63, 3.8) is 0 Å². The molecule has 2 amide bonds. The predicted octanol–water partition coefficient (Wildman–Crippen LogP) is 1.32. The second kappa shape index (κ2) is 6.78. The summed E-state index contributed by atoms with van der Waals surface area (Å²) >= 11 is 0. The van der Waals surface area contributed by atoms with Crippen LogP contribution in [-0.2, 0) is 14.3 Å². The fraction of sp³-hybridized carbons (Fsp3) is 0.786. The number of methoxy groups -OCH3 is 1. The molecule has 120 valence electrons. The van der Waals surface area contributed by atoms with Gasteiger partial charge in [-0.25, -0.2) is 9.59 Å². The largest absolute Gasteiger partial charge is 0.479 e. The van der Waals surface area contributed by atoms with Crippen molar-refractivity contribution >= 4 is 18.0 Å². The number of carboxylic acids is 1. The number of hydrogen-bond donors (Lipinski definition) is 1. The van der Waals surface area contributed by atoms with Crippen molar-refractivity contribution in [3.05, 3.63) is 0 Å². The molecule has 0 bridgehead atoms. The first-order valence-electron chi connectivity index (χ1n) is 7.18. The summed E-state index contributed by atoms with van der Waals surface area (Å²) in [6.07, 6.45) is 1.43. The Labute approximate surface area is 124 Å². The summed E-state index contributed by atoms with van der Waals surface area (Å²) in [6, 6.07) is -0.641. The van der Waals surface area contributed by atoms with E-state index >= 15 is 0 Å². The van der Waals surface area contributed by atoms with Gasteiger partial charge in [0, 0.05) is 12.6 Å². The minimum atomic E-state index is -1.17. The summed E-state index contributed by atoms with van der Waals surface area (Å²) < 4.78 is 4.60. The maximum Gasteiger partial charge on any atom is 0.329 e. The van der Waals surface area contributed by atoms with Crippen LogP contribution in [0.2, 0.25) is 0 Å². The number of ether oxygens (including phenoxy) is 1. The number of amides is 2. The number of carboxylic acid groups (broad SMARTS) is 1. The molecule has 0 aliphatic carbocycles. The van der Waals surface area contributed by atoms with Gasteiger partial charge in [-0.3, -0.25) is 4.79 Å². The van der Waals surface area contributed by atoms with Crippen molar-refractivity contribution < 1.29 is 24.2 Å². The van der Waals surface area contributed by atoms with Gasteiger partial charge < -0.3 is 19.6 Å².